The van der Waals surface area contributed by atoms with Gasteiger partial charge in [-0.25, -0.2) is 0 Å². The van der Waals surface area contributed by atoms with Crippen LogP contribution in [0.15, 0.2) is 41.8 Å². The first-order chi connectivity index (χ1) is 9.58. The lowest BCUT2D eigenvalue weighted by atomic mass is 10.0. The lowest BCUT2D eigenvalue weighted by molar-refractivity contribution is -0.385. The lowest BCUT2D eigenvalue weighted by Gasteiger charge is -2.19. The third kappa shape index (κ3) is 3.65. The van der Waals surface area contributed by atoms with E-state index in [-0.39, 0.29) is 22.7 Å². The van der Waals surface area contributed by atoms with Gasteiger partial charge in [-0.05, 0) is 31.7 Å². The molecular weight excluding hydrogens is 272 g/mol. The molecule has 0 saturated carbocycles. The van der Waals surface area contributed by atoms with Crippen molar-refractivity contribution in [3.8, 4) is 0 Å². The molecule has 0 spiro atoms. The van der Waals surface area contributed by atoms with Crippen LogP contribution in [0.5, 0.6) is 0 Å². The quantitative estimate of drug-likeness (QED) is 0.647. The molecule has 4 nitrogen and oxygen atoms in total. The molecule has 2 atom stereocenters. The first kappa shape index (κ1) is 14.7. The average Bonchev–Trinajstić information content (AvgIpc) is 2.91. The Bertz CT molecular complexity index is 569. The highest BCUT2D eigenvalue weighted by Gasteiger charge is 2.19. The topological polar surface area (TPSA) is 55.2 Å². The van der Waals surface area contributed by atoms with E-state index in [1.54, 1.807) is 23.5 Å². The second-order valence-corrected chi connectivity index (χ2v) is 5.92. The zero-order chi connectivity index (χ0) is 14.5. The van der Waals surface area contributed by atoms with E-state index < -0.39 is 0 Å². The van der Waals surface area contributed by atoms with Crippen LogP contribution in [-0.2, 0) is 6.42 Å². The Morgan fingerprint density at radius 2 is 2.00 bits per heavy atom. The van der Waals surface area contributed by atoms with E-state index in [1.165, 1.54) is 4.88 Å². The largest absolute Gasteiger partial charge is 0.307 e. The normalized spacial score (nSPS) is 13.9. The SMILES string of the molecule is CC(Cc1cccs1)NC(C)c1ccccc1[N+](=O)[O-]. The van der Waals surface area contributed by atoms with Crippen molar-refractivity contribution >= 4 is 17.0 Å². The Hall–Kier alpha value is -1.72. The van der Waals surface area contributed by atoms with Crippen LogP contribution in [0.25, 0.3) is 0 Å². The molecule has 2 unspecified atom stereocenters. The van der Waals surface area contributed by atoms with Crippen molar-refractivity contribution in [2.45, 2.75) is 32.4 Å². The fourth-order valence-corrected chi connectivity index (χ4v) is 3.16. The fraction of sp³-hybridized carbons (Fsp3) is 0.333. The van der Waals surface area contributed by atoms with Crippen molar-refractivity contribution in [2.24, 2.45) is 0 Å². The van der Waals surface area contributed by atoms with Crippen molar-refractivity contribution in [3.63, 3.8) is 0 Å². The molecule has 5 heteroatoms. The van der Waals surface area contributed by atoms with E-state index in [0.29, 0.717) is 0 Å². The average molecular weight is 290 g/mol. The van der Waals surface area contributed by atoms with Crippen molar-refractivity contribution in [1.82, 2.24) is 5.32 Å². The lowest BCUT2D eigenvalue weighted by Crippen LogP contribution is -2.30. The molecule has 0 fully saturated rings. The van der Waals surface area contributed by atoms with Crippen molar-refractivity contribution in [2.75, 3.05) is 0 Å². The number of nitro benzene ring substituents is 1. The molecule has 0 radical (unpaired) electrons. The molecule has 2 rings (SSSR count). The molecule has 2 aromatic rings. The van der Waals surface area contributed by atoms with Gasteiger partial charge in [0.05, 0.1) is 4.92 Å². The van der Waals surface area contributed by atoms with Gasteiger partial charge in [0.2, 0.25) is 0 Å². The number of benzene rings is 1. The Kier molecular flexibility index (Phi) is 4.87. The van der Waals surface area contributed by atoms with Crippen molar-refractivity contribution < 1.29 is 4.92 Å². The van der Waals surface area contributed by atoms with Crippen molar-refractivity contribution in [1.29, 1.82) is 0 Å². The third-order valence-corrected chi connectivity index (χ3v) is 4.12. The van der Waals surface area contributed by atoms with Gasteiger partial charge in [-0.2, -0.15) is 0 Å². The second-order valence-electron chi connectivity index (χ2n) is 4.89. The number of nitrogens with one attached hydrogen (secondary N) is 1. The first-order valence-corrected chi connectivity index (χ1v) is 7.47. The molecule has 1 N–H and O–H groups in total. The molecule has 0 aliphatic heterocycles. The highest BCUT2D eigenvalue weighted by molar-refractivity contribution is 7.09. The summed E-state index contributed by atoms with van der Waals surface area (Å²) in [6.45, 7) is 4.07. The van der Waals surface area contributed by atoms with Gasteiger partial charge in [0.15, 0.2) is 0 Å². The second kappa shape index (κ2) is 6.63. The maximum absolute atomic E-state index is 11.0. The van der Waals surface area contributed by atoms with Gasteiger partial charge in [0, 0.05) is 28.6 Å². The smallest absolute Gasteiger partial charge is 0.274 e. The van der Waals surface area contributed by atoms with E-state index in [0.717, 1.165) is 12.0 Å². The van der Waals surface area contributed by atoms with E-state index in [2.05, 4.69) is 23.7 Å². The van der Waals surface area contributed by atoms with E-state index in [9.17, 15) is 10.1 Å². The zero-order valence-corrected chi connectivity index (χ0v) is 12.4. The minimum Gasteiger partial charge on any atom is -0.307 e. The predicted molar refractivity (Wildman–Crippen MR) is 82.1 cm³/mol. The summed E-state index contributed by atoms with van der Waals surface area (Å²) in [5.41, 5.74) is 0.909. The molecule has 106 valence electrons. The molecule has 0 saturated heterocycles. The highest BCUT2D eigenvalue weighted by Crippen LogP contribution is 2.25. The molecule has 0 amide bonds. The number of thiophene rings is 1. The molecule has 1 aromatic heterocycles. The Morgan fingerprint density at radius 3 is 2.65 bits per heavy atom. The fourth-order valence-electron chi connectivity index (χ4n) is 2.33. The summed E-state index contributed by atoms with van der Waals surface area (Å²) in [6.07, 6.45) is 0.933. The predicted octanol–water partition coefficient (Wildman–Crippen LogP) is 3.94. The van der Waals surface area contributed by atoms with Gasteiger partial charge in [0.1, 0.15) is 0 Å². The number of rotatable bonds is 6. The monoisotopic (exact) mass is 290 g/mol. The number of hydrogen-bond acceptors (Lipinski definition) is 4. The van der Waals surface area contributed by atoms with Gasteiger partial charge < -0.3 is 5.32 Å². The summed E-state index contributed by atoms with van der Waals surface area (Å²) in [5.74, 6) is 0. The summed E-state index contributed by atoms with van der Waals surface area (Å²) in [6, 6.07) is 11.3. The van der Waals surface area contributed by atoms with Crippen LogP contribution >= 0.6 is 11.3 Å². The standard InChI is InChI=1S/C15H18N2O2S/c1-11(10-13-6-5-9-20-13)16-12(2)14-7-3-4-8-15(14)17(18)19/h3-9,11-12,16H,10H2,1-2H3. The number of nitrogens with zero attached hydrogens (tertiary/aromatic N) is 1. The van der Waals surface area contributed by atoms with E-state index >= 15 is 0 Å². The maximum atomic E-state index is 11.0. The van der Waals surface area contributed by atoms with Crippen molar-refractivity contribution in [3.05, 3.63) is 62.3 Å². The van der Waals surface area contributed by atoms with Crippen LogP contribution in [0.4, 0.5) is 5.69 Å². The number of nitro groups is 1. The number of hydrogen-bond donors (Lipinski definition) is 1. The van der Waals surface area contributed by atoms with Gasteiger partial charge in [-0.3, -0.25) is 10.1 Å². The summed E-state index contributed by atoms with van der Waals surface area (Å²) < 4.78 is 0. The minimum absolute atomic E-state index is 0.0495. The van der Waals surface area contributed by atoms with Crippen LogP contribution in [0.2, 0.25) is 0 Å². The molecule has 0 bridgehead atoms. The summed E-state index contributed by atoms with van der Waals surface area (Å²) in [4.78, 5) is 12.0. The first-order valence-electron chi connectivity index (χ1n) is 6.59. The molecule has 0 aliphatic rings. The summed E-state index contributed by atoms with van der Waals surface area (Å²) in [5, 5.41) is 16.5. The molecular formula is C15H18N2O2S. The van der Waals surface area contributed by atoms with Gasteiger partial charge in [-0.15, -0.1) is 11.3 Å². The van der Waals surface area contributed by atoms with Crippen LogP contribution in [0.3, 0.4) is 0 Å². The van der Waals surface area contributed by atoms with Crippen LogP contribution in [0, 0.1) is 10.1 Å². The Morgan fingerprint density at radius 1 is 1.25 bits per heavy atom. The molecule has 1 aromatic carbocycles. The van der Waals surface area contributed by atoms with E-state index in [4.69, 9.17) is 0 Å². The zero-order valence-electron chi connectivity index (χ0n) is 11.6. The highest BCUT2D eigenvalue weighted by atomic mass is 32.1. The van der Waals surface area contributed by atoms with Crippen LogP contribution in [-0.4, -0.2) is 11.0 Å². The van der Waals surface area contributed by atoms with Gasteiger partial charge >= 0.3 is 0 Å². The van der Waals surface area contributed by atoms with Crippen LogP contribution in [0.1, 0.15) is 30.3 Å². The molecule has 20 heavy (non-hydrogen) atoms. The maximum Gasteiger partial charge on any atom is 0.274 e. The minimum atomic E-state index is -0.322. The third-order valence-electron chi connectivity index (χ3n) is 3.22. The van der Waals surface area contributed by atoms with Gasteiger partial charge in [-0.1, -0.05) is 24.3 Å². The van der Waals surface area contributed by atoms with Crippen LogP contribution < -0.4 is 5.32 Å². The summed E-state index contributed by atoms with van der Waals surface area (Å²) >= 11 is 1.73. The van der Waals surface area contributed by atoms with E-state index in [1.807, 2.05) is 25.1 Å². The van der Waals surface area contributed by atoms with Gasteiger partial charge in [0.25, 0.3) is 5.69 Å². The summed E-state index contributed by atoms with van der Waals surface area (Å²) in [7, 11) is 0. The number of para-hydroxylation sites is 1. The molecule has 1 heterocycles. The Labute approximate surface area is 122 Å². The molecule has 0 aliphatic carbocycles. The Balaban J connectivity index is 2.04.